The van der Waals surface area contributed by atoms with Gasteiger partial charge in [-0.25, -0.2) is 4.39 Å². The lowest BCUT2D eigenvalue weighted by Crippen LogP contribution is -2.09. The minimum absolute atomic E-state index is 0.256. The van der Waals surface area contributed by atoms with Crippen LogP contribution >= 0.6 is 12.6 Å². The molecule has 0 saturated heterocycles. The molecule has 0 amide bonds. The molecule has 2 N–H and O–H groups in total. The van der Waals surface area contributed by atoms with Crippen LogP contribution in [-0.2, 0) is 6.18 Å². The van der Waals surface area contributed by atoms with E-state index in [0.717, 1.165) is 6.07 Å². The van der Waals surface area contributed by atoms with E-state index in [2.05, 4.69) is 12.6 Å². The standard InChI is InChI=1S/C10H9F4NS/c11-8-4-6(2-1-3-16)7(5-9(8)15)10(12,13)14/h1-2,4-5,16H,3,15H2. The van der Waals surface area contributed by atoms with E-state index in [1.807, 2.05) is 0 Å². The Hall–Kier alpha value is -1.17. The number of nitrogens with two attached hydrogens (primary N) is 1. The zero-order valence-corrected chi connectivity index (χ0v) is 8.95. The molecular formula is C10H9F4NS. The number of halogens is 4. The van der Waals surface area contributed by atoms with Crippen LogP contribution in [0.5, 0.6) is 0 Å². The molecule has 0 saturated carbocycles. The van der Waals surface area contributed by atoms with E-state index in [-0.39, 0.29) is 11.3 Å². The SMILES string of the molecule is Nc1cc(C(F)(F)F)c(C=CCS)cc1F. The molecule has 16 heavy (non-hydrogen) atoms. The fourth-order valence-corrected chi connectivity index (χ4v) is 1.27. The van der Waals surface area contributed by atoms with Gasteiger partial charge in [0.15, 0.2) is 0 Å². The third-order valence-electron chi connectivity index (χ3n) is 1.88. The Labute approximate surface area is 95.4 Å². The van der Waals surface area contributed by atoms with E-state index >= 15 is 0 Å². The first-order chi connectivity index (χ1) is 7.36. The monoisotopic (exact) mass is 251 g/mol. The highest BCUT2D eigenvalue weighted by Crippen LogP contribution is 2.34. The van der Waals surface area contributed by atoms with Gasteiger partial charge in [0.1, 0.15) is 5.82 Å². The van der Waals surface area contributed by atoms with Gasteiger partial charge in [-0.1, -0.05) is 12.2 Å². The normalized spacial score (nSPS) is 12.3. The van der Waals surface area contributed by atoms with E-state index < -0.39 is 23.2 Å². The van der Waals surface area contributed by atoms with Gasteiger partial charge in [0.2, 0.25) is 0 Å². The summed E-state index contributed by atoms with van der Waals surface area (Å²) in [5.74, 6) is -0.602. The molecule has 0 aliphatic rings. The van der Waals surface area contributed by atoms with Crippen LogP contribution in [0.4, 0.5) is 23.2 Å². The summed E-state index contributed by atoms with van der Waals surface area (Å²) in [6, 6.07) is 1.35. The number of benzene rings is 1. The van der Waals surface area contributed by atoms with Crippen molar-refractivity contribution in [3.63, 3.8) is 0 Å². The quantitative estimate of drug-likeness (QED) is 0.470. The van der Waals surface area contributed by atoms with Crippen molar-refractivity contribution < 1.29 is 17.6 Å². The molecule has 1 aromatic rings. The van der Waals surface area contributed by atoms with Crippen LogP contribution in [0.25, 0.3) is 6.08 Å². The van der Waals surface area contributed by atoms with Gasteiger partial charge in [-0.05, 0) is 17.7 Å². The molecule has 0 radical (unpaired) electrons. The lowest BCUT2D eigenvalue weighted by Gasteiger charge is -2.11. The molecule has 1 aromatic carbocycles. The predicted molar refractivity (Wildman–Crippen MR) is 58.7 cm³/mol. The zero-order valence-electron chi connectivity index (χ0n) is 8.05. The molecule has 1 nitrogen and oxygen atoms in total. The molecular weight excluding hydrogens is 242 g/mol. The van der Waals surface area contributed by atoms with Gasteiger partial charge < -0.3 is 5.73 Å². The van der Waals surface area contributed by atoms with Crippen molar-refractivity contribution >= 4 is 24.4 Å². The number of nitrogen functional groups attached to an aromatic ring is 1. The average molecular weight is 251 g/mol. The molecule has 0 spiro atoms. The molecule has 0 fully saturated rings. The third kappa shape index (κ3) is 2.91. The van der Waals surface area contributed by atoms with Crippen molar-refractivity contribution in [3.05, 3.63) is 35.2 Å². The van der Waals surface area contributed by atoms with Gasteiger partial charge >= 0.3 is 6.18 Å². The van der Waals surface area contributed by atoms with Crippen molar-refractivity contribution in [1.82, 2.24) is 0 Å². The molecule has 0 aromatic heterocycles. The van der Waals surface area contributed by atoms with Gasteiger partial charge in [-0.2, -0.15) is 25.8 Å². The Morgan fingerprint density at radius 2 is 1.94 bits per heavy atom. The Bertz CT molecular complexity index is 412. The molecule has 0 atom stereocenters. The van der Waals surface area contributed by atoms with Crippen LogP contribution in [0.2, 0.25) is 0 Å². The highest BCUT2D eigenvalue weighted by molar-refractivity contribution is 7.80. The first-order valence-electron chi connectivity index (χ1n) is 4.30. The van der Waals surface area contributed by atoms with E-state index in [1.54, 1.807) is 0 Å². The molecule has 0 aliphatic carbocycles. The largest absolute Gasteiger partial charge is 0.417 e. The fourth-order valence-electron chi connectivity index (χ4n) is 1.17. The van der Waals surface area contributed by atoms with E-state index in [1.165, 1.54) is 12.2 Å². The minimum atomic E-state index is -4.56. The van der Waals surface area contributed by atoms with Crippen LogP contribution < -0.4 is 5.73 Å². The highest BCUT2D eigenvalue weighted by Gasteiger charge is 2.33. The topological polar surface area (TPSA) is 26.0 Å². The van der Waals surface area contributed by atoms with Crippen LogP contribution in [0.1, 0.15) is 11.1 Å². The maximum Gasteiger partial charge on any atom is 0.417 e. The minimum Gasteiger partial charge on any atom is -0.396 e. The average Bonchev–Trinajstić information content (AvgIpc) is 2.17. The first-order valence-corrected chi connectivity index (χ1v) is 4.93. The maximum absolute atomic E-state index is 13.0. The Morgan fingerprint density at radius 1 is 1.31 bits per heavy atom. The van der Waals surface area contributed by atoms with Crippen molar-refractivity contribution in [2.24, 2.45) is 0 Å². The van der Waals surface area contributed by atoms with Gasteiger partial charge in [0.05, 0.1) is 11.3 Å². The van der Waals surface area contributed by atoms with Crippen molar-refractivity contribution in [2.45, 2.75) is 6.18 Å². The van der Waals surface area contributed by atoms with E-state index in [4.69, 9.17) is 5.73 Å². The Kier molecular flexibility index (Phi) is 3.85. The number of alkyl halides is 3. The Balaban J connectivity index is 3.33. The van der Waals surface area contributed by atoms with Crippen LogP contribution in [-0.4, -0.2) is 5.75 Å². The second-order valence-corrected chi connectivity index (χ2v) is 3.41. The zero-order chi connectivity index (χ0) is 12.3. The van der Waals surface area contributed by atoms with Crippen molar-refractivity contribution in [1.29, 1.82) is 0 Å². The van der Waals surface area contributed by atoms with Gasteiger partial charge in [-0.15, -0.1) is 0 Å². The van der Waals surface area contributed by atoms with Gasteiger partial charge in [0, 0.05) is 5.75 Å². The smallest absolute Gasteiger partial charge is 0.396 e. The summed E-state index contributed by atoms with van der Waals surface area (Å²) in [5, 5.41) is 0. The lowest BCUT2D eigenvalue weighted by molar-refractivity contribution is -0.137. The van der Waals surface area contributed by atoms with Gasteiger partial charge in [-0.3, -0.25) is 0 Å². The predicted octanol–water partition coefficient (Wildman–Crippen LogP) is 3.37. The second kappa shape index (κ2) is 4.78. The summed E-state index contributed by atoms with van der Waals surface area (Å²) >= 11 is 3.82. The summed E-state index contributed by atoms with van der Waals surface area (Å²) in [6.45, 7) is 0. The summed E-state index contributed by atoms with van der Waals surface area (Å²) in [4.78, 5) is 0. The number of thiol groups is 1. The lowest BCUT2D eigenvalue weighted by atomic mass is 10.1. The van der Waals surface area contributed by atoms with E-state index in [0.29, 0.717) is 6.07 Å². The number of rotatable bonds is 2. The molecule has 88 valence electrons. The van der Waals surface area contributed by atoms with E-state index in [9.17, 15) is 17.6 Å². The molecule has 6 heteroatoms. The second-order valence-electron chi connectivity index (χ2n) is 3.04. The first kappa shape index (κ1) is 12.9. The molecule has 0 unspecified atom stereocenters. The summed E-state index contributed by atoms with van der Waals surface area (Å²) in [6.07, 6.45) is -2.00. The number of anilines is 1. The molecule has 0 aliphatic heterocycles. The summed E-state index contributed by atoms with van der Waals surface area (Å²) < 4.78 is 50.7. The van der Waals surface area contributed by atoms with Crippen LogP contribution in [0.15, 0.2) is 18.2 Å². The van der Waals surface area contributed by atoms with Crippen molar-refractivity contribution in [3.8, 4) is 0 Å². The summed E-state index contributed by atoms with van der Waals surface area (Å²) in [7, 11) is 0. The van der Waals surface area contributed by atoms with Gasteiger partial charge in [0.25, 0.3) is 0 Å². The maximum atomic E-state index is 13.0. The molecule has 1 rings (SSSR count). The molecule has 0 heterocycles. The van der Waals surface area contributed by atoms with Crippen LogP contribution in [0.3, 0.4) is 0 Å². The number of hydrogen-bond acceptors (Lipinski definition) is 2. The van der Waals surface area contributed by atoms with Crippen LogP contribution in [0, 0.1) is 5.82 Å². The molecule has 0 bridgehead atoms. The number of hydrogen-bond donors (Lipinski definition) is 2. The third-order valence-corrected chi connectivity index (χ3v) is 2.09. The Morgan fingerprint density at radius 3 is 2.44 bits per heavy atom. The highest BCUT2D eigenvalue weighted by atomic mass is 32.1. The summed E-state index contributed by atoms with van der Waals surface area (Å²) in [5.41, 5.74) is 3.37. The fraction of sp³-hybridized carbons (Fsp3) is 0.200. The van der Waals surface area contributed by atoms with Crippen molar-refractivity contribution in [2.75, 3.05) is 11.5 Å².